The van der Waals surface area contributed by atoms with Gasteiger partial charge in [0.25, 0.3) is 0 Å². The molecule has 4 heterocycles. The standard InChI is InChI=1S/C51H31N3S2/c1-2-9-33(10-3-1)45-31-46(54-51(53-45)37-12-8-11-34(25-37)32-21-23-52-24-22-32)40-27-38(35-17-19-49-43(29-35)41-13-4-6-15-47(41)55-49)26-39(28-40)36-18-20-50-44(30-36)42-14-5-7-16-48(42)56-50/h1-31H. The molecular formula is C51H31N3S2. The van der Waals surface area contributed by atoms with Crippen molar-refractivity contribution in [2.24, 2.45) is 0 Å². The molecule has 262 valence electrons. The summed E-state index contributed by atoms with van der Waals surface area (Å²) in [6.45, 7) is 0. The van der Waals surface area contributed by atoms with Crippen LogP contribution in [0.2, 0.25) is 0 Å². The number of aromatic nitrogens is 3. The molecule has 7 aromatic carbocycles. The lowest BCUT2D eigenvalue weighted by Gasteiger charge is -2.14. The van der Waals surface area contributed by atoms with Crippen LogP contribution in [0.3, 0.4) is 0 Å². The molecule has 0 atom stereocenters. The molecule has 0 fully saturated rings. The topological polar surface area (TPSA) is 38.7 Å². The zero-order valence-electron chi connectivity index (χ0n) is 30.1. The minimum Gasteiger partial charge on any atom is -0.265 e. The van der Waals surface area contributed by atoms with Gasteiger partial charge in [-0.2, -0.15) is 0 Å². The van der Waals surface area contributed by atoms with E-state index in [1.54, 1.807) is 0 Å². The molecule has 0 aliphatic rings. The number of nitrogens with zero attached hydrogens (tertiary/aromatic N) is 3. The summed E-state index contributed by atoms with van der Waals surface area (Å²) in [6.07, 6.45) is 3.66. The van der Waals surface area contributed by atoms with Crippen molar-refractivity contribution >= 4 is 63.0 Å². The van der Waals surface area contributed by atoms with E-state index in [4.69, 9.17) is 9.97 Å². The van der Waals surface area contributed by atoms with Crippen molar-refractivity contribution in [3.63, 3.8) is 0 Å². The maximum atomic E-state index is 5.35. The number of pyridine rings is 1. The molecule has 4 aromatic heterocycles. The van der Waals surface area contributed by atoms with E-state index in [0.717, 1.165) is 50.3 Å². The molecule has 0 saturated carbocycles. The number of fused-ring (bicyclic) bond motifs is 6. The molecule has 0 radical (unpaired) electrons. The van der Waals surface area contributed by atoms with Gasteiger partial charge < -0.3 is 0 Å². The Morgan fingerprint density at radius 2 is 0.768 bits per heavy atom. The van der Waals surface area contributed by atoms with E-state index in [9.17, 15) is 0 Å². The summed E-state index contributed by atoms with van der Waals surface area (Å²) in [7, 11) is 0. The van der Waals surface area contributed by atoms with Crippen LogP contribution in [0.15, 0.2) is 188 Å². The van der Waals surface area contributed by atoms with Crippen LogP contribution < -0.4 is 0 Å². The van der Waals surface area contributed by atoms with Crippen molar-refractivity contribution in [2.75, 3.05) is 0 Å². The summed E-state index contributed by atoms with van der Waals surface area (Å²) in [5.74, 6) is 0.682. The van der Waals surface area contributed by atoms with Gasteiger partial charge in [0.05, 0.1) is 11.4 Å². The van der Waals surface area contributed by atoms with Crippen LogP contribution in [0.1, 0.15) is 0 Å². The average molecular weight is 750 g/mol. The quantitative estimate of drug-likeness (QED) is 0.170. The van der Waals surface area contributed by atoms with Crippen molar-refractivity contribution in [1.82, 2.24) is 15.0 Å². The Morgan fingerprint density at radius 1 is 0.286 bits per heavy atom. The average Bonchev–Trinajstić information content (AvgIpc) is 3.84. The van der Waals surface area contributed by atoms with Crippen molar-refractivity contribution in [3.8, 4) is 67.3 Å². The lowest BCUT2D eigenvalue weighted by Crippen LogP contribution is -1.97. The molecule has 0 aliphatic carbocycles. The largest absolute Gasteiger partial charge is 0.265 e. The van der Waals surface area contributed by atoms with Gasteiger partial charge in [-0.3, -0.25) is 4.98 Å². The Morgan fingerprint density at radius 3 is 1.41 bits per heavy atom. The van der Waals surface area contributed by atoms with Crippen molar-refractivity contribution in [2.45, 2.75) is 0 Å². The second kappa shape index (κ2) is 13.5. The van der Waals surface area contributed by atoms with Crippen LogP contribution in [0, 0.1) is 0 Å². The molecule has 0 saturated heterocycles. The van der Waals surface area contributed by atoms with Crippen LogP contribution in [-0.4, -0.2) is 15.0 Å². The van der Waals surface area contributed by atoms with Gasteiger partial charge in [0.1, 0.15) is 0 Å². The molecule has 0 amide bonds. The number of thiophene rings is 2. The van der Waals surface area contributed by atoms with Gasteiger partial charge in [0.2, 0.25) is 0 Å². The highest BCUT2D eigenvalue weighted by Gasteiger charge is 2.16. The second-order valence-electron chi connectivity index (χ2n) is 14.1. The molecule has 0 N–H and O–H groups in total. The fourth-order valence-corrected chi connectivity index (χ4v) is 9.96. The molecule has 0 unspecified atom stereocenters. The third kappa shape index (κ3) is 5.86. The zero-order valence-corrected chi connectivity index (χ0v) is 31.7. The predicted octanol–water partition coefficient (Wildman–Crippen LogP) is 14.6. The smallest absolute Gasteiger partial charge is 0.160 e. The molecule has 11 rings (SSSR count). The Kier molecular flexibility index (Phi) is 7.87. The van der Waals surface area contributed by atoms with Gasteiger partial charge in [-0.15, -0.1) is 22.7 Å². The van der Waals surface area contributed by atoms with Gasteiger partial charge in [-0.1, -0.05) is 97.1 Å². The van der Waals surface area contributed by atoms with E-state index in [-0.39, 0.29) is 0 Å². The van der Waals surface area contributed by atoms with Crippen molar-refractivity contribution in [1.29, 1.82) is 0 Å². The Bertz CT molecular complexity index is 3120. The highest BCUT2D eigenvalue weighted by molar-refractivity contribution is 7.26. The minimum absolute atomic E-state index is 0.682. The Hall–Kier alpha value is -6.79. The van der Waals surface area contributed by atoms with Crippen LogP contribution >= 0.6 is 22.7 Å². The third-order valence-corrected chi connectivity index (χ3v) is 12.9. The molecule has 56 heavy (non-hydrogen) atoms. The summed E-state index contributed by atoms with van der Waals surface area (Å²) >= 11 is 3.70. The summed E-state index contributed by atoms with van der Waals surface area (Å²) in [4.78, 5) is 14.8. The maximum Gasteiger partial charge on any atom is 0.160 e. The monoisotopic (exact) mass is 749 g/mol. The fourth-order valence-electron chi connectivity index (χ4n) is 7.78. The van der Waals surface area contributed by atoms with Crippen LogP contribution in [0.4, 0.5) is 0 Å². The predicted molar refractivity (Wildman–Crippen MR) is 238 cm³/mol. The summed E-state index contributed by atoms with van der Waals surface area (Å²) in [5.41, 5.74) is 11.6. The van der Waals surface area contributed by atoms with Gasteiger partial charge in [-0.05, 0) is 112 Å². The number of benzene rings is 7. The molecular weight excluding hydrogens is 719 g/mol. The first kappa shape index (κ1) is 32.6. The SMILES string of the molecule is c1ccc(-c2cc(-c3cc(-c4ccc5sc6ccccc6c5c4)cc(-c4ccc5sc6ccccc6c5c4)c3)nc(-c3cccc(-c4ccncc4)c3)n2)cc1. The van der Waals surface area contributed by atoms with Crippen molar-refractivity contribution < 1.29 is 0 Å². The number of rotatable bonds is 6. The number of hydrogen-bond donors (Lipinski definition) is 0. The van der Waals surface area contributed by atoms with E-state index in [1.807, 2.05) is 53.3 Å². The first-order valence-electron chi connectivity index (χ1n) is 18.6. The molecule has 5 heteroatoms. The van der Waals surface area contributed by atoms with Crippen LogP contribution in [0.25, 0.3) is 108 Å². The highest BCUT2D eigenvalue weighted by Crippen LogP contribution is 2.41. The molecule has 0 aliphatic heterocycles. The van der Waals surface area contributed by atoms with E-state index >= 15 is 0 Å². The Labute approximate surface area is 331 Å². The molecule has 11 aromatic rings. The fraction of sp³-hybridized carbons (Fsp3) is 0. The molecule has 0 bridgehead atoms. The highest BCUT2D eigenvalue weighted by atomic mass is 32.1. The first-order valence-corrected chi connectivity index (χ1v) is 20.3. The van der Waals surface area contributed by atoms with Crippen molar-refractivity contribution in [3.05, 3.63) is 188 Å². The Balaban J connectivity index is 1.13. The maximum absolute atomic E-state index is 5.35. The van der Waals surface area contributed by atoms with E-state index < -0.39 is 0 Å². The summed E-state index contributed by atoms with van der Waals surface area (Å²) < 4.78 is 5.20. The number of hydrogen-bond acceptors (Lipinski definition) is 5. The second-order valence-corrected chi connectivity index (χ2v) is 16.2. The van der Waals surface area contributed by atoms with E-state index in [1.165, 1.54) is 51.5 Å². The van der Waals surface area contributed by atoms with Gasteiger partial charge in [-0.25, -0.2) is 9.97 Å². The van der Waals surface area contributed by atoms with Gasteiger partial charge >= 0.3 is 0 Å². The minimum atomic E-state index is 0.682. The third-order valence-electron chi connectivity index (χ3n) is 10.6. The summed E-state index contributed by atoms with van der Waals surface area (Å²) in [6, 6.07) is 63.2. The van der Waals surface area contributed by atoms with E-state index in [0.29, 0.717) is 5.82 Å². The van der Waals surface area contributed by atoms with Gasteiger partial charge in [0.15, 0.2) is 5.82 Å². The molecule has 0 spiro atoms. The summed E-state index contributed by atoms with van der Waals surface area (Å²) in [5, 5.41) is 5.15. The van der Waals surface area contributed by atoms with E-state index in [2.05, 4.69) is 163 Å². The normalized spacial score (nSPS) is 11.6. The van der Waals surface area contributed by atoms with Gasteiger partial charge in [0, 0.05) is 69.4 Å². The molecule has 3 nitrogen and oxygen atoms in total. The van der Waals surface area contributed by atoms with Crippen LogP contribution in [-0.2, 0) is 0 Å². The lowest BCUT2D eigenvalue weighted by molar-refractivity contribution is 1.18. The zero-order chi connectivity index (χ0) is 37.0. The lowest BCUT2D eigenvalue weighted by atomic mass is 9.93. The first-order chi connectivity index (χ1) is 27.7. The van der Waals surface area contributed by atoms with Crippen LogP contribution in [0.5, 0.6) is 0 Å².